The van der Waals surface area contributed by atoms with Crippen LogP contribution in [-0.2, 0) is 13.9 Å². The van der Waals surface area contributed by atoms with Crippen molar-refractivity contribution in [3.05, 3.63) is 0 Å². The maximum atomic E-state index is 10.6. The first kappa shape index (κ1) is 11.7. The smallest absolute Gasteiger partial charge is 0.237 e. The highest BCUT2D eigenvalue weighted by atomic mass is 35.7. The van der Waals surface area contributed by atoms with Crippen LogP contribution in [0.1, 0.15) is 27.7 Å². The molecule has 0 fully saturated rings. The van der Waals surface area contributed by atoms with E-state index < -0.39 is 14.7 Å². The van der Waals surface area contributed by atoms with Gasteiger partial charge in [0.15, 0.2) is 5.90 Å². The zero-order valence-electron chi connectivity index (χ0n) is 7.55. The van der Waals surface area contributed by atoms with Crippen LogP contribution >= 0.6 is 10.7 Å². The number of nitrogens with one attached hydrogen (secondary N) is 1. The van der Waals surface area contributed by atoms with Crippen LogP contribution in [0.25, 0.3) is 0 Å². The molecule has 0 saturated heterocycles. The second-order valence-electron chi connectivity index (χ2n) is 3.28. The number of rotatable bonds is 1. The number of nitrogens with zero attached hydrogens (tertiary/aromatic N) is 1. The first-order valence-electron chi connectivity index (χ1n) is 3.34. The van der Waals surface area contributed by atoms with Crippen molar-refractivity contribution in [2.45, 2.75) is 33.3 Å². The Balaban J connectivity index is 4.44. The Labute approximate surface area is 77.6 Å². The number of hydrogen-bond donors (Lipinski definition) is 1. The maximum absolute atomic E-state index is 10.6. The molecule has 1 atom stereocenters. The van der Waals surface area contributed by atoms with E-state index in [1.165, 1.54) is 6.92 Å². The van der Waals surface area contributed by atoms with Gasteiger partial charge in [-0.2, -0.15) is 0 Å². The van der Waals surface area contributed by atoms with E-state index in [9.17, 15) is 4.21 Å². The van der Waals surface area contributed by atoms with E-state index in [1.807, 2.05) is 20.8 Å². The molecule has 0 bridgehead atoms. The molecule has 4 nitrogen and oxygen atoms in total. The number of halogens is 1. The second kappa shape index (κ2) is 3.62. The van der Waals surface area contributed by atoms with Crippen LogP contribution in [-0.4, -0.2) is 15.7 Å². The number of hydrogen-bond acceptors (Lipinski definition) is 3. The van der Waals surface area contributed by atoms with Crippen LogP contribution in [0, 0.1) is 4.78 Å². The summed E-state index contributed by atoms with van der Waals surface area (Å²) in [5.74, 6) is 0.164. The minimum Gasteiger partial charge on any atom is -0.475 e. The molecule has 12 heavy (non-hydrogen) atoms. The lowest BCUT2D eigenvalue weighted by molar-refractivity contribution is 0.116. The van der Waals surface area contributed by atoms with Crippen LogP contribution in [0.5, 0.6) is 0 Å². The summed E-state index contributed by atoms with van der Waals surface area (Å²) in [5, 5.41) is 0. The molecule has 0 aliphatic rings. The van der Waals surface area contributed by atoms with Gasteiger partial charge in [0.1, 0.15) is 5.60 Å². The van der Waals surface area contributed by atoms with Gasteiger partial charge in [-0.15, -0.1) is 4.40 Å². The molecule has 0 aromatic heterocycles. The fraction of sp³-hybridized carbons (Fsp3) is 0.833. The minimum atomic E-state index is -3.36. The quantitative estimate of drug-likeness (QED) is 0.412. The lowest BCUT2D eigenvalue weighted by Crippen LogP contribution is -2.22. The van der Waals surface area contributed by atoms with Gasteiger partial charge in [0.05, 0.1) is 0 Å². The lowest BCUT2D eigenvalue weighted by Gasteiger charge is -2.20. The Morgan fingerprint density at radius 2 is 2.00 bits per heavy atom. The Morgan fingerprint density at radius 1 is 1.58 bits per heavy atom. The van der Waals surface area contributed by atoms with E-state index in [1.54, 1.807) is 0 Å². The van der Waals surface area contributed by atoms with Crippen molar-refractivity contribution < 1.29 is 8.95 Å². The predicted octanol–water partition coefficient (Wildman–Crippen LogP) is 2.34. The fourth-order valence-electron chi connectivity index (χ4n) is 0.627. The van der Waals surface area contributed by atoms with Gasteiger partial charge in [-0.25, -0.2) is 8.99 Å². The van der Waals surface area contributed by atoms with Crippen molar-refractivity contribution in [2.75, 3.05) is 0 Å². The Bertz CT molecular complexity index is 276. The van der Waals surface area contributed by atoms with Crippen LogP contribution in [0.2, 0.25) is 0 Å². The molecule has 0 saturated carbocycles. The van der Waals surface area contributed by atoms with Crippen LogP contribution in [0.15, 0.2) is 4.40 Å². The molecule has 0 radical (unpaired) electrons. The Hall–Kier alpha value is -0.290. The summed E-state index contributed by atoms with van der Waals surface area (Å²) in [6.45, 7) is 6.99. The van der Waals surface area contributed by atoms with E-state index in [-0.39, 0.29) is 5.90 Å². The van der Waals surface area contributed by atoms with Gasteiger partial charge in [0, 0.05) is 17.6 Å². The summed E-state index contributed by atoms with van der Waals surface area (Å²) in [6.07, 6.45) is 0. The van der Waals surface area contributed by atoms with Crippen molar-refractivity contribution in [3.63, 3.8) is 0 Å². The molecular weight excluding hydrogens is 200 g/mol. The highest BCUT2D eigenvalue weighted by Gasteiger charge is 2.12. The van der Waals surface area contributed by atoms with Crippen LogP contribution in [0.4, 0.5) is 0 Å². The molecule has 1 unspecified atom stereocenters. The van der Waals surface area contributed by atoms with Crippen LogP contribution < -0.4 is 0 Å². The summed E-state index contributed by atoms with van der Waals surface area (Å²) >= 11 is 0. The van der Waals surface area contributed by atoms with Crippen molar-refractivity contribution in [1.29, 1.82) is 4.78 Å². The summed E-state index contributed by atoms with van der Waals surface area (Å²) < 4.78 is 26.0. The molecule has 6 heteroatoms. The highest BCUT2D eigenvalue weighted by Crippen LogP contribution is 2.09. The number of ether oxygens (including phenoxy) is 1. The lowest BCUT2D eigenvalue weighted by atomic mass is 10.2. The second-order valence-corrected chi connectivity index (χ2v) is 5.64. The van der Waals surface area contributed by atoms with Gasteiger partial charge in [0.2, 0.25) is 9.13 Å². The van der Waals surface area contributed by atoms with Crippen molar-refractivity contribution in [2.24, 2.45) is 4.40 Å². The zero-order chi connectivity index (χ0) is 9.99. The normalized spacial score (nSPS) is 18.6. The summed E-state index contributed by atoms with van der Waals surface area (Å²) in [6, 6.07) is 0. The van der Waals surface area contributed by atoms with Gasteiger partial charge < -0.3 is 4.74 Å². The van der Waals surface area contributed by atoms with Crippen LogP contribution in [0.3, 0.4) is 0 Å². The highest BCUT2D eigenvalue weighted by molar-refractivity contribution is 8.13. The zero-order valence-corrected chi connectivity index (χ0v) is 9.12. The van der Waals surface area contributed by atoms with Gasteiger partial charge in [-0.3, -0.25) is 0 Å². The van der Waals surface area contributed by atoms with E-state index in [4.69, 9.17) is 20.2 Å². The van der Waals surface area contributed by atoms with E-state index in [0.29, 0.717) is 0 Å². The molecule has 0 aliphatic carbocycles. The first-order valence-corrected chi connectivity index (χ1v) is 5.68. The average Bonchev–Trinajstić information content (AvgIpc) is 1.49. The third-order valence-electron chi connectivity index (χ3n) is 0.700. The van der Waals surface area contributed by atoms with Gasteiger partial charge >= 0.3 is 0 Å². The van der Waals surface area contributed by atoms with Crippen molar-refractivity contribution in [3.8, 4) is 0 Å². The molecule has 0 aromatic carbocycles. The summed E-state index contributed by atoms with van der Waals surface area (Å²) in [4.78, 5) is 0. The maximum Gasteiger partial charge on any atom is 0.237 e. The van der Waals surface area contributed by atoms with E-state index in [2.05, 4.69) is 4.40 Å². The van der Waals surface area contributed by atoms with Gasteiger partial charge in [0.25, 0.3) is 0 Å². The van der Waals surface area contributed by atoms with Gasteiger partial charge in [-0.05, 0) is 20.8 Å². The fourth-order valence-corrected chi connectivity index (χ4v) is 1.29. The Morgan fingerprint density at radius 3 is 2.25 bits per heavy atom. The molecule has 1 N–H and O–H groups in total. The van der Waals surface area contributed by atoms with E-state index >= 15 is 0 Å². The third-order valence-corrected chi connectivity index (χ3v) is 1.40. The average molecular weight is 213 g/mol. The van der Waals surface area contributed by atoms with Gasteiger partial charge in [-0.1, -0.05) is 0 Å². The largest absolute Gasteiger partial charge is 0.475 e. The molecule has 0 amide bonds. The molecule has 0 rings (SSSR count). The third kappa shape index (κ3) is 7.81. The summed E-state index contributed by atoms with van der Waals surface area (Å²) in [5.41, 5.74) is -0.408. The first-order chi connectivity index (χ1) is 5.10. The molecule has 0 aromatic rings. The minimum absolute atomic E-state index is 0.164. The monoisotopic (exact) mass is 212 g/mol. The summed E-state index contributed by atoms with van der Waals surface area (Å²) in [7, 11) is 1.72. The molecule has 0 heterocycles. The molecule has 0 aliphatic heterocycles. The predicted molar refractivity (Wildman–Crippen MR) is 50.7 cm³/mol. The topological polar surface area (TPSA) is 62.5 Å². The van der Waals surface area contributed by atoms with E-state index in [0.717, 1.165) is 0 Å². The Kier molecular flexibility index (Phi) is 3.53. The van der Waals surface area contributed by atoms with Crippen molar-refractivity contribution in [1.82, 2.24) is 0 Å². The van der Waals surface area contributed by atoms with Crippen molar-refractivity contribution >= 4 is 25.7 Å². The standard InChI is InChI=1S/C6H13ClN2O2S/c1-5(9-12(7,8)10)11-6(2,3)4/h8H,1-4H3. The molecule has 72 valence electrons. The molecule has 0 spiro atoms. The molecular formula is C6H13ClN2O2S. The SMILES string of the molecule is CC(=NS(=N)(=O)Cl)OC(C)(C)C.